The second kappa shape index (κ2) is 13.9. The standard InChI is InChI=1S/C20H40O6P2/c1-17(2)9-7-10-19(5)11-8-12-20(6)13-14-25-15-27(21,26-18(3)4)16-28(22,23)24/h9,11,18,20H,7-8,10,12-16H2,1-6H3,(H2,22,23,24)/b19-11+. The van der Waals surface area contributed by atoms with E-state index >= 15 is 0 Å². The molecule has 0 amide bonds. The van der Waals surface area contributed by atoms with Crippen LogP contribution >= 0.6 is 15.0 Å². The van der Waals surface area contributed by atoms with Gasteiger partial charge in [-0.1, -0.05) is 30.2 Å². The van der Waals surface area contributed by atoms with Gasteiger partial charge in [0, 0.05) is 6.61 Å². The molecule has 0 bridgehead atoms. The van der Waals surface area contributed by atoms with Crippen LogP contribution in [0.3, 0.4) is 0 Å². The van der Waals surface area contributed by atoms with Gasteiger partial charge >= 0.3 is 7.60 Å². The van der Waals surface area contributed by atoms with Gasteiger partial charge in [0.1, 0.15) is 12.3 Å². The number of allylic oxidation sites excluding steroid dienone is 4. The van der Waals surface area contributed by atoms with Gasteiger partial charge in [-0.3, -0.25) is 9.13 Å². The van der Waals surface area contributed by atoms with Gasteiger partial charge in [-0.05, 0) is 72.6 Å². The van der Waals surface area contributed by atoms with Crippen LogP contribution in [0.4, 0.5) is 0 Å². The van der Waals surface area contributed by atoms with Crippen LogP contribution in [-0.2, 0) is 18.4 Å². The van der Waals surface area contributed by atoms with Gasteiger partial charge in [0.25, 0.3) is 0 Å². The van der Waals surface area contributed by atoms with Gasteiger partial charge in [0.2, 0.25) is 7.37 Å². The van der Waals surface area contributed by atoms with Crippen LogP contribution in [0.5, 0.6) is 0 Å². The first-order valence-electron chi connectivity index (χ1n) is 10.0. The molecule has 8 heteroatoms. The third-order valence-electron chi connectivity index (χ3n) is 4.09. The van der Waals surface area contributed by atoms with Crippen molar-refractivity contribution in [2.45, 2.75) is 79.8 Å². The van der Waals surface area contributed by atoms with Crippen LogP contribution in [0.1, 0.15) is 73.6 Å². The first-order chi connectivity index (χ1) is 12.8. The zero-order chi connectivity index (χ0) is 21.8. The van der Waals surface area contributed by atoms with Crippen LogP contribution in [-0.4, -0.2) is 34.7 Å². The minimum atomic E-state index is -4.43. The van der Waals surface area contributed by atoms with Crippen LogP contribution in [0.2, 0.25) is 0 Å². The van der Waals surface area contributed by atoms with Crippen LogP contribution < -0.4 is 0 Å². The lowest BCUT2D eigenvalue weighted by Crippen LogP contribution is -2.10. The Hall–Kier alpha value is -0.220. The smallest absolute Gasteiger partial charge is 0.335 e. The molecule has 0 saturated carbocycles. The van der Waals surface area contributed by atoms with Gasteiger partial charge in [0.15, 0.2) is 0 Å². The Morgan fingerprint density at radius 2 is 1.64 bits per heavy atom. The summed E-state index contributed by atoms with van der Waals surface area (Å²) in [6.07, 6.45) is 8.96. The normalized spacial score (nSPS) is 16.1. The highest BCUT2D eigenvalue weighted by molar-refractivity contribution is 7.73. The molecule has 0 aliphatic rings. The highest BCUT2D eigenvalue weighted by Crippen LogP contribution is 2.58. The Kier molecular flexibility index (Phi) is 13.8. The predicted molar refractivity (Wildman–Crippen MR) is 117 cm³/mol. The van der Waals surface area contributed by atoms with E-state index in [2.05, 4.69) is 39.8 Å². The third kappa shape index (κ3) is 16.7. The fraction of sp³-hybridized carbons (Fsp3) is 0.800. The van der Waals surface area contributed by atoms with E-state index in [0.717, 1.165) is 32.1 Å². The fourth-order valence-electron chi connectivity index (χ4n) is 2.71. The summed E-state index contributed by atoms with van der Waals surface area (Å²) in [5.41, 5.74) is 2.76. The van der Waals surface area contributed by atoms with Crippen molar-refractivity contribution in [3.05, 3.63) is 23.3 Å². The molecule has 166 valence electrons. The van der Waals surface area contributed by atoms with Crippen molar-refractivity contribution >= 4 is 15.0 Å². The molecule has 0 aromatic rings. The van der Waals surface area contributed by atoms with E-state index in [1.165, 1.54) is 11.1 Å². The first-order valence-corrected chi connectivity index (χ1v) is 13.8. The predicted octanol–water partition coefficient (Wildman–Crippen LogP) is 6.30. The van der Waals surface area contributed by atoms with Crippen molar-refractivity contribution < 1.29 is 28.2 Å². The molecule has 0 spiro atoms. The molecule has 0 aromatic heterocycles. The summed E-state index contributed by atoms with van der Waals surface area (Å²) in [5.74, 6) is -0.320. The zero-order valence-corrected chi connectivity index (χ0v) is 20.2. The molecule has 0 heterocycles. The van der Waals surface area contributed by atoms with Crippen molar-refractivity contribution in [1.82, 2.24) is 0 Å². The molecule has 0 fully saturated rings. The molecule has 0 aromatic carbocycles. The SMILES string of the molecule is CC(C)=CCC/C(C)=C/CCC(C)CCOCP(=O)(CP(=O)(O)O)OC(C)C. The number of hydrogen-bond acceptors (Lipinski definition) is 4. The molecule has 28 heavy (non-hydrogen) atoms. The number of hydrogen-bond donors (Lipinski definition) is 2. The molecule has 2 unspecified atom stereocenters. The van der Waals surface area contributed by atoms with Crippen LogP contribution in [0, 0.1) is 5.92 Å². The maximum Gasteiger partial charge on any atom is 0.335 e. The summed E-state index contributed by atoms with van der Waals surface area (Å²) in [6.45, 7) is 12.3. The lowest BCUT2D eigenvalue weighted by Gasteiger charge is -2.21. The molecule has 0 aliphatic carbocycles. The maximum atomic E-state index is 12.6. The van der Waals surface area contributed by atoms with E-state index < -0.39 is 20.9 Å². The average molecular weight is 438 g/mol. The Labute approximate surface area is 171 Å². The molecular weight excluding hydrogens is 398 g/mol. The van der Waals surface area contributed by atoms with Crippen molar-refractivity contribution in [3.8, 4) is 0 Å². The molecule has 0 saturated heterocycles. The zero-order valence-electron chi connectivity index (χ0n) is 18.4. The van der Waals surface area contributed by atoms with Gasteiger partial charge < -0.3 is 19.0 Å². The molecular formula is C20H40O6P2. The Morgan fingerprint density at radius 3 is 2.18 bits per heavy atom. The van der Waals surface area contributed by atoms with Gasteiger partial charge in [0.05, 0.1) is 6.10 Å². The molecule has 0 rings (SSSR count). The van der Waals surface area contributed by atoms with Gasteiger partial charge in [-0.2, -0.15) is 0 Å². The maximum absolute atomic E-state index is 12.6. The third-order valence-corrected chi connectivity index (χ3v) is 8.67. The lowest BCUT2D eigenvalue weighted by molar-refractivity contribution is 0.140. The van der Waals surface area contributed by atoms with E-state index in [1.807, 2.05) is 0 Å². The van der Waals surface area contributed by atoms with Crippen molar-refractivity contribution in [2.75, 3.05) is 18.9 Å². The molecule has 0 radical (unpaired) electrons. The minimum absolute atomic E-state index is 0.258. The molecule has 6 nitrogen and oxygen atoms in total. The second-order valence-corrected chi connectivity index (χ2v) is 12.7. The average Bonchev–Trinajstić information content (AvgIpc) is 2.48. The van der Waals surface area contributed by atoms with Crippen molar-refractivity contribution in [2.24, 2.45) is 5.92 Å². The summed E-state index contributed by atoms with van der Waals surface area (Å²) in [4.78, 5) is 18.3. The summed E-state index contributed by atoms with van der Waals surface area (Å²) in [5, 5.41) is 0. The summed E-state index contributed by atoms with van der Waals surface area (Å²) in [6, 6.07) is 0. The fourth-order valence-corrected chi connectivity index (χ4v) is 6.78. The Bertz CT molecular complexity index is 588. The number of rotatable bonds is 15. The topological polar surface area (TPSA) is 93.1 Å². The Morgan fingerprint density at radius 1 is 1.00 bits per heavy atom. The first kappa shape index (κ1) is 27.8. The molecule has 2 N–H and O–H groups in total. The molecule has 0 aliphatic heterocycles. The molecule has 2 atom stereocenters. The van der Waals surface area contributed by atoms with E-state index in [4.69, 9.17) is 19.0 Å². The van der Waals surface area contributed by atoms with E-state index in [0.29, 0.717) is 12.5 Å². The quantitative estimate of drug-likeness (QED) is 0.177. The minimum Gasteiger partial charge on any atom is -0.371 e. The van der Waals surface area contributed by atoms with E-state index in [-0.39, 0.29) is 12.5 Å². The van der Waals surface area contributed by atoms with E-state index in [1.54, 1.807) is 13.8 Å². The van der Waals surface area contributed by atoms with Crippen molar-refractivity contribution in [1.29, 1.82) is 0 Å². The monoisotopic (exact) mass is 438 g/mol. The summed E-state index contributed by atoms with van der Waals surface area (Å²) >= 11 is 0. The summed E-state index contributed by atoms with van der Waals surface area (Å²) in [7, 11) is -7.94. The van der Waals surface area contributed by atoms with Gasteiger partial charge in [-0.15, -0.1) is 0 Å². The van der Waals surface area contributed by atoms with Crippen LogP contribution in [0.25, 0.3) is 0 Å². The van der Waals surface area contributed by atoms with Crippen LogP contribution in [0.15, 0.2) is 23.3 Å². The largest absolute Gasteiger partial charge is 0.371 e. The Balaban J connectivity index is 4.21. The second-order valence-electron chi connectivity index (χ2n) is 8.15. The highest BCUT2D eigenvalue weighted by Gasteiger charge is 2.34. The highest BCUT2D eigenvalue weighted by atomic mass is 31.2. The van der Waals surface area contributed by atoms with Gasteiger partial charge in [-0.25, -0.2) is 0 Å². The number of ether oxygens (including phenoxy) is 1. The van der Waals surface area contributed by atoms with E-state index in [9.17, 15) is 9.13 Å². The van der Waals surface area contributed by atoms with Crippen molar-refractivity contribution in [3.63, 3.8) is 0 Å². The summed E-state index contributed by atoms with van der Waals surface area (Å²) < 4.78 is 34.6. The lowest BCUT2D eigenvalue weighted by atomic mass is 10.0.